The Morgan fingerprint density at radius 3 is 2.74 bits per heavy atom. The first-order valence-electron chi connectivity index (χ1n) is 9.38. The van der Waals surface area contributed by atoms with Crippen LogP contribution in [0.4, 0.5) is 4.79 Å². The summed E-state index contributed by atoms with van der Waals surface area (Å²) in [6, 6.07) is 9.45. The van der Waals surface area contributed by atoms with Crippen LogP contribution in [-0.2, 0) is 9.53 Å². The topological polar surface area (TPSA) is 71.8 Å². The Labute approximate surface area is 158 Å². The lowest BCUT2D eigenvalue weighted by Crippen LogP contribution is -2.52. The second-order valence-corrected chi connectivity index (χ2v) is 7.49. The zero-order valence-corrected chi connectivity index (χ0v) is 15.8. The summed E-state index contributed by atoms with van der Waals surface area (Å²) in [7, 11) is 1.38. The highest BCUT2D eigenvalue weighted by Gasteiger charge is 2.47. The third-order valence-corrected chi connectivity index (χ3v) is 5.38. The molecule has 2 amide bonds. The maximum atomic E-state index is 12.7. The number of urea groups is 1. The molecule has 6 heteroatoms. The maximum Gasteiger partial charge on any atom is 0.336 e. The van der Waals surface area contributed by atoms with Crippen molar-refractivity contribution in [3.05, 3.63) is 41.7 Å². The number of fused-ring (bicyclic) bond motifs is 3. The van der Waals surface area contributed by atoms with Crippen LogP contribution in [0.5, 0.6) is 0 Å². The molecule has 0 aliphatic carbocycles. The lowest BCUT2D eigenvalue weighted by atomic mass is 9.91. The van der Waals surface area contributed by atoms with Crippen LogP contribution < -0.4 is 5.32 Å². The van der Waals surface area contributed by atoms with E-state index in [0.717, 1.165) is 29.4 Å². The van der Waals surface area contributed by atoms with Crippen LogP contribution >= 0.6 is 0 Å². The van der Waals surface area contributed by atoms with Gasteiger partial charge in [-0.1, -0.05) is 18.2 Å². The average molecular weight is 368 g/mol. The van der Waals surface area contributed by atoms with Crippen molar-refractivity contribution in [1.82, 2.24) is 10.2 Å². The van der Waals surface area contributed by atoms with Gasteiger partial charge in [-0.2, -0.15) is 0 Å². The Morgan fingerprint density at radius 1 is 1.26 bits per heavy atom. The lowest BCUT2D eigenvalue weighted by Gasteiger charge is -2.37. The molecular formula is C21H24N2O4. The van der Waals surface area contributed by atoms with Gasteiger partial charge in [0.25, 0.3) is 0 Å². The number of para-hydroxylation sites is 1. The molecule has 142 valence electrons. The molecule has 1 saturated heterocycles. The van der Waals surface area contributed by atoms with Crippen molar-refractivity contribution in [2.75, 3.05) is 7.11 Å². The van der Waals surface area contributed by atoms with Crippen LogP contribution in [0.3, 0.4) is 0 Å². The molecule has 2 atom stereocenters. The van der Waals surface area contributed by atoms with Gasteiger partial charge in [0.05, 0.1) is 18.7 Å². The Morgan fingerprint density at radius 2 is 2.04 bits per heavy atom. The number of esters is 1. The Hall–Kier alpha value is -2.76. The molecule has 4 rings (SSSR count). The standard InChI is InChI=1S/C21H24N2O4/c1-12(2)22-21(25)23-14-8-9-16(23)19(20(24)26-3)15(11-14)18-10-13-6-4-5-7-17(13)27-18/h4-7,10,12,14,16H,8-9,11H2,1-3H3,(H,22,25)/t14-,16+/m0/s1. The number of rotatable bonds is 3. The van der Waals surface area contributed by atoms with Gasteiger partial charge in [-0.3, -0.25) is 0 Å². The summed E-state index contributed by atoms with van der Waals surface area (Å²) in [6.07, 6.45) is 2.21. The molecule has 1 N–H and O–H groups in total. The van der Waals surface area contributed by atoms with Gasteiger partial charge in [-0.15, -0.1) is 0 Å². The van der Waals surface area contributed by atoms with E-state index in [4.69, 9.17) is 9.15 Å². The Bertz CT molecular complexity index is 894. The fourth-order valence-corrected chi connectivity index (χ4v) is 4.28. The first-order chi connectivity index (χ1) is 13.0. The molecule has 2 bridgehead atoms. The molecule has 1 aromatic carbocycles. The van der Waals surface area contributed by atoms with E-state index >= 15 is 0 Å². The largest absolute Gasteiger partial charge is 0.466 e. The second kappa shape index (κ2) is 6.76. The number of methoxy groups -OCH3 is 1. The summed E-state index contributed by atoms with van der Waals surface area (Å²) in [4.78, 5) is 27.2. The second-order valence-electron chi connectivity index (χ2n) is 7.49. The number of carbonyl (C=O) groups excluding carboxylic acids is 2. The number of nitrogens with zero attached hydrogens (tertiary/aromatic N) is 1. The fourth-order valence-electron chi connectivity index (χ4n) is 4.28. The van der Waals surface area contributed by atoms with Crippen molar-refractivity contribution >= 4 is 28.5 Å². The summed E-state index contributed by atoms with van der Waals surface area (Å²) in [5, 5.41) is 3.95. The number of furan rings is 1. The summed E-state index contributed by atoms with van der Waals surface area (Å²) in [6.45, 7) is 3.86. The fraction of sp³-hybridized carbons (Fsp3) is 0.429. The van der Waals surface area contributed by atoms with Gasteiger partial charge >= 0.3 is 12.0 Å². The molecule has 27 heavy (non-hydrogen) atoms. The van der Waals surface area contributed by atoms with Crippen LogP contribution in [0.15, 0.2) is 40.3 Å². The van der Waals surface area contributed by atoms with E-state index in [1.54, 1.807) is 0 Å². The van der Waals surface area contributed by atoms with Gasteiger partial charge in [0, 0.05) is 23.0 Å². The smallest absolute Gasteiger partial charge is 0.336 e. The molecule has 6 nitrogen and oxygen atoms in total. The summed E-state index contributed by atoms with van der Waals surface area (Å²) in [5.41, 5.74) is 2.19. The predicted octanol–water partition coefficient (Wildman–Crippen LogP) is 3.71. The van der Waals surface area contributed by atoms with E-state index in [9.17, 15) is 9.59 Å². The van der Waals surface area contributed by atoms with Crippen molar-refractivity contribution < 1.29 is 18.7 Å². The average Bonchev–Trinajstić information content (AvgIpc) is 3.20. The number of carbonyl (C=O) groups is 2. The van der Waals surface area contributed by atoms with E-state index < -0.39 is 5.97 Å². The van der Waals surface area contributed by atoms with Gasteiger partial charge < -0.3 is 19.4 Å². The van der Waals surface area contributed by atoms with Gasteiger partial charge in [0.15, 0.2) is 0 Å². The third-order valence-electron chi connectivity index (χ3n) is 5.38. The zero-order chi connectivity index (χ0) is 19.1. The molecule has 3 heterocycles. The predicted molar refractivity (Wildman–Crippen MR) is 102 cm³/mol. The SMILES string of the molecule is COC(=O)C1=C(c2cc3ccccc3o2)C[C@@H]2CC[C@H]1N2C(=O)NC(C)C. The number of amides is 2. The zero-order valence-electron chi connectivity index (χ0n) is 15.8. The van der Waals surface area contributed by atoms with Crippen LogP contribution in [0.25, 0.3) is 16.5 Å². The molecular weight excluding hydrogens is 344 g/mol. The molecule has 0 spiro atoms. The van der Waals surface area contributed by atoms with Crippen LogP contribution in [-0.4, -0.2) is 42.1 Å². The quantitative estimate of drug-likeness (QED) is 0.838. The summed E-state index contributed by atoms with van der Waals surface area (Å²) < 4.78 is 11.1. The van der Waals surface area contributed by atoms with Gasteiger partial charge in [0.2, 0.25) is 0 Å². The third kappa shape index (κ3) is 2.99. The normalized spacial score (nSPS) is 21.9. The van der Waals surface area contributed by atoms with Gasteiger partial charge in [0.1, 0.15) is 11.3 Å². The van der Waals surface area contributed by atoms with Gasteiger partial charge in [-0.05, 0) is 45.2 Å². The minimum atomic E-state index is -0.391. The molecule has 0 unspecified atom stereocenters. The summed E-state index contributed by atoms with van der Waals surface area (Å²) in [5.74, 6) is 0.301. The van der Waals surface area contributed by atoms with Crippen LogP contribution in [0.2, 0.25) is 0 Å². The maximum absolute atomic E-state index is 12.7. The molecule has 2 aliphatic rings. The Kier molecular flexibility index (Phi) is 4.42. The molecule has 0 saturated carbocycles. The molecule has 2 aliphatic heterocycles. The van der Waals surface area contributed by atoms with Crippen molar-refractivity contribution in [3.8, 4) is 0 Å². The first kappa shape index (κ1) is 17.6. The number of ether oxygens (including phenoxy) is 1. The van der Waals surface area contributed by atoms with Crippen molar-refractivity contribution in [2.24, 2.45) is 0 Å². The highest BCUT2D eigenvalue weighted by Crippen LogP contribution is 2.44. The Balaban J connectivity index is 1.79. The van der Waals surface area contributed by atoms with E-state index in [2.05, 4.69) is 5.32 Å². The number of nitrogens with one attached hydrogen (secondary N) is 1. The lowest BCUT2D eigenvalue weighted by molar-refractivity contribution is -0.136. The monoisotopic (exact) mass is 368 g/mol. The van der Waals surface area contributed by atoms with Crippen molar-refractivity contribution in [1.29, 1.82) is 0 Å². The van der Waals surface area contributed by atoms with Crippen LogP contribution in [0, 0.1) is 0 Å². The number of hydrogen-bond donors (Lipinski definition) is 1. The van der Waals surface area contributed by atoms with E-state index in [1.165, 1.54) is 7.11 Å². The number of benzene rings is 1. The molecule has 0 radical (unpaired) electrons. The highest BCUT2D eigenvalue weighted by molar-refractivity contribution is 6.01. The summed E-state index contributed by atoms with van der Waals surface area (Å²) >= 11 is 0. The van der Waals surface area contributed by atoms with E-state index in [1.807, 2.05) is 49.1 Å². The van der Waals surface area contributed by atoms with E-state index in [0.29, 0.717) is 17.8 Å². The minimum Gasteiger partial charge on any atom is -0.466 e. The molecule has 2 aromatic rings. The van der Waals surface area contributed by atoms with E-state index in [-0.39, 0.29) is 24.2 Å². The van der Waals surface area contributed by atoms with Gasteiger partial charge in [-0.25, -0.2) is 9.59 Å². The first-order valence-corrected chi connectivity index (χ1v) is 9.38. The number of hydrogen-bond acceptors (Lipinski definition) is 4. The minimum absolute atomic E-state index is 0.0410. The van der Waals surface area contributed by atoms with Crippen molar-refractivity contribution in [2.45, 2.75) is 51.2 Å². The highest BCUT2D eigenvalue weighted by atomic mass is 16.5. The van der Waals surface area contributed by atoms with Crippen LogP contribution in [0.1, 0.15) is 38.9 Å². The molecule has 1 aromatic heterocycles. The van der Waals surface area contributed by atoms with Crippen molar-refractivity contribution in [3.63, 3.8) is 0 Å². The molecule has 1 fully saturated rings.